The van der Waals surface area contributed by atoms with Crippen LogP contribution >= 0.6 is 0 Å². The van der Waals surface area contributed by atoms with Gasteiger partial charge in [-0.05, 0) is 57.5 Å². The van der Waals surface area contributed by atoms with E-state index in [2.05, 4.69) is 32.6 Å². The van der Waals surface area contributed by atoms with Crippen molar-refractivity contribution in [2.45, 2.75) is 62.9 Å². The van der Waals surface area contributed by atoms with Gasteiger partial charge in [0.1, 0.15) is 0 Å². The number of guanidine groups is 1. The van der Waals surface area contributed by atoms with Gasteiger partial charge < -0.3 is 37.0 Å². The van der Waals surface area contributed by atoms with Crippen LogP contribution in [-0.2, 0) is 10.0 Å². The molecule has 0 heterocycles. The number of aliphatic imine (C=N–C) groups is 1. The Morgan fingerprint density at radius 2 is 1.62 bits per heavy atom. The van der Waals surface area contributed by atoms with E-state index in [1.807, 2.05) is 14.0 Å². The van der Waals surface area contributed by atoms with E-state index in [9.17, 15) is 28.5 Å². The molecule has 0 saturated heterocycles. The number of phenolic OH excluding ortho intramolecular Hbond substituents is 3. The summed E-state index contributed by atoms with van der Waals surface area (Å²) < 4.78 is 27.3. The second kappa shape index (κ2) is 15.9. The number of sulfonamides is 1. The molecule has 0 saturated carbocycles. The average molecular weight is 579 g/mol. The number of rotatable bonds is 16. The van der Waals surface area contributed by atoms with Gasteiger partial charge in [-0.25, -0.2) is 13.1 Å². The lowest BCUT2D eigenvalue weighted by Crippen LogP contribution is -2.47. The van der Waals surface area contributed by atoms with Gasteiger partial charge >= 0.3 is 0 Å². The first-order chi connectivity index (χ1) is 19.0. The molecule has 1 amide bonds. The maximum atomic E-state index is 12.9. The number of hydrogen-bond acceptors (Lipinski definition) is 9. The molecular weight excluding hydrogens is 536 g/mol. The van der Waals surface area contributed by atoms with Crippen LogP contribution in [0.3, 0.4) is 0 Å². The number of aryl methyl sites for hydroxylation is 1. The molecule has 2 atom stereocenters. The normalized spacial score (nSPS) is 13.5. The third-order valence-electron chi connectivity index (χ3n) is 6.24. The second-order valence-electron chi connectivity index (χ2n) is 9.67. The van der Waals surface area contributed by atoms with E-state index >= 15 is 0 Å². The molecule has 0 spiro atoms. The summed E-state index contributed by atoms with van der Waals surface area (Å²) in [6, 6.07) is 8.34. The van der Waals surface area contributed by atoms with Gasteiger partial charge in [0.05, 0.1) is 4.90 Å². The first-order valence-electron chi connectivity index (χ1n) is 13.3. The summed E-state index contributed by atoms with van der Waals surface area (Å²) >= 11 is 0. The standard InChI is InChI=1S/C27H42N6O6S/c1-4-5-7-20(16-29-3)31-17-21(32-26(37)19-14-23(34)25(36)24(35)15-19)8-6-13-30-27(28)33-40(38,39)22-11-9-18(2)10-12-22/h9-12,14-15,20-21,29,31,34-36H,4-8,13,16-17H2,1-3H3,(H,32,37)(H3,28,30,33)/t20-,21+/m1/s1. The number of hydrogen-bond donors (Lipinski definition) is 8. The fraction of sp³-hybridized carbons (Fsp3) is 0.481. The lowest BCUT2D eigenvalue weighted by molar-refractivity contribution is 0.0932. The maximum absolute atomic E-state index is 12.9. The minimum Gasteiger partial charge on any atom is -0.504 e. The summed E-state index contributed by atoms with van der Waals surface area (Å²) in [6.07, 6.45) is 4.03. The van der Waals surface area contributed by atoms with Crippen molar-refractivity contribution in [1.82, 2.24) is 20.7 Å². The van der Waals surface area contributed by atoms with Crippen molar-refractivity contribution < 1.29 is 28.5 Å². The molecule has 2 rings (SSSR count). The van der Waals surface area contributed by atoms with Gasteiger partial charge in [-0.2, -0.15) is 0 Å². The number of carbonyl (C=O) groups excluding carboxylic acids is 1. The summed E-state index contributed by atoms with van der Waals surface area (Å²) in [7, 11) is -1.98. The molecule has 0 fully saturated rings. The highest BCUT2D eigenvalue weighted by Gasteiger charge is 2.19. The van der Waals surface area contributed by atoms with E-state index in [1.54, 1.807) is 12.1 Å². The van der Waals surface area contributed by atoms with Gasteiger partial charge in [-0.15, -0.1) is 0 Å². The molecule has 9 N–H and O–H groups in total. The number of nitrogens with one attached hydrogen (secondary N) is 4. The second-order valence-corrected chi connectivity index (χ2v) is 11.3. The first-order valence-corrected chi connectivity index (χ1v) is 14.8. The van der Waals surface area contributed by atoms with E-state index in [0.29, 0.717) is 19.4 Å². The third kappa shape index (κ3) is 10.5. The maximum Gasteiger partial charge on any atom is 0.264 e. The fourth-order valence-electron chi connectivity index (χ4n) is 3.99. The molecule has 2 aromatic carbocycles. The molecule has 13 heteroatoms. The Kier molecular flexibility index (Phi) is 13.0. The molecule has 0 aliphatic rings. The Morgan fingerprint density at radius 1 is 1.00 bits per heavy atom. The van der Waals surface area contributed by atoms with Gasteiger partial charge in [-0.1, -0.05) is 37.5 Å². The molecule has 12 nitrogen and oxygen atoms in total. The van der Waals surface area contributed by atoms with Crippen LogP contribution in [0.4, 0.5) is 0 Å². The monoisotopic (exact) mass is 578 g/mol. The first kappa shape index (κ1) is 32.7. The van der Waals surface area contributed by atoms with E-state index in [4.69, 9.17) is 5.73 Å². The van der Waals surface area contributed by atoms with Crippen LogP contribution in [0.5, 0.6) is 17.2 Å². The molecule has 0 aliphatic carbocycles. The molecule has 0 bridgehead atoms. The zero-order valence-corrected chi connectivity index (χ0v) is 24.1. The third-order valence-corrected chi connectivity index (χ3v) is 7.61. The van der Waals surface area contributed by atoms with Crippen molar-refractivity contribution in [2.75, 3.05) is 26.7 Å². The van der Waals surface area contributed by atoms with Crippen LogP contribution in [0.25, 0.3) is 0 Å². The van der Waals surface area contributed by atoms with Gasteiger partial charge in [0, 0.05) is 37.3 Å². The van der Waals surface area contributed by atoms with E-state index in [1.165, 1.54) is 12.1 Å². The van der Waals surface area contributed by atoms with Crippen molar-refractivity contribution in [3.05, 3.63) is 47.5 Å². The summed E-state index contributed by atoms with van der Waals surface area (Å²) in [5, 5.41) is 38.7. The van der Waals surface area contributed by atoms with Gasteiger partial charge in [0.15, 0.2) is 17.2 Å². The van der Waals surface area contributed by atoms with Crippen molar-refractivity contribution in [1.29, 1.82) is 0 Å². The minimum atomic E-state index is -3.86. The SMILES string of the molecule is CCCC[C@H](CNC)NC[C@H](CCCN=C(N)NS(=O)(=O)c1ccc(C)cc1)NC(=O)c1cc(O)c(O)c(O)c1. The topological polar surface area (TPSA) is 198 Å². The fourth-order valence-corrected chi connectivity index (χ4v) is 4.95. The van der Waals surface area contributed by atoms with Crippen LogP contribution in [0.2, 0.25) is 0 Å². The highest BCUT2D eigenvalue weighted by Crippen LogP contribution is 2.35. The van der Waals surface area contributed by atoms with Crippen molar-refractivity contribution >= 4 is 21.9 Å². The number of likely N-dealkylation sites (N-methyl/N-ethyl adjacent to an activating group) is 1. The lowest BCUT2D eigenvalue weighted by Gasteiger charge is -2.24. The van der Waals surface area contributed by atoms with E-state index in [0.717, 1.165) is 43.5 Å². The van der Waals surface area contributed by atoms with Crippen LogP contribution in [0.1, 0.15) is 54.9 Å². The molecule has 0 aliphatic heterocycles. The van der Waals surface area contributed by atoms with Crippen molar-refractivity contribution in [3.8, 4) is 17.2 Å². The molecule has 222 valence electrons. The zero-order chi connectivity index (χ0) is 29.7. The van der Waals surface area contributed by atoms with Crippen molar-refractivity contribution in [3.63, 3.8) is 0 Å². The van der Waals surface area contributed by atoms with Crippen LogP contribution in [0.15, 0.2) is 46.3 Å². The number of amides is 1. The quantitative estimate of drug-likeness (QED) is 0.0631. The smallest absolute Gasteiger partial charge is 0.264 e. The number of benzene rings is 2. The summed E-state index contributed by atoms with van der Waals surface area (Å²) in [6.45, 7) is 5.38. The van der Waals surface area contributed by atoms with Crippen LogP contribution < -0.4 is 26.4 Å². The van der Waals surface area contributed by atoms with E-state index < -0.39 is 33.2 Å². The average Bonchev–Trinajstić information content (AvgIpc) is 2.90. The van der Waals surface area contributed by atoms with Crippen LogP contribution in [0, 0.1) is 6.92 Å². The van der Waals surface area contributed by atoms with Gasteiger partial charge in [0.2, 0.25) is 5.96 Å². The van der Waals surface area contributed by atoms with E-state index in [-0.39, 0.29) is 35.0 Å². The number of nitrogens with two attached hydrogens (primary N) is 1. The van der Waals surface area contributed by atoms with Crippen molar-refractivity contribution in [2.24, 2.45) is 10.7 Å². The molecule has 0 radical (unpaired) electrons. The Balaban J connectivity index is 2.04. The summed E-state index contributed by atoms with van der Waals surface area (Å²) in [4.78, 5) is 17.1. The number of phenols is 3. The number of aromatic hydroxyl groups is 3. The number of nitrogens with zero attached hydrogens (tertiary/aromatic N) is 1. The lowest BCUT2D eigenvalue weighted by atomic mass is 10.1. The highest BCUT2D eigenvalue weighted by atomic mass is 32.2. The minimum absolute atomic E-state index is 0.0108. The van der Waals surface area contributed by atoms with Gasteiger partial charge in [-0.3, -0.25) is 9.79 Å². The zero-order valence-electron chi connectivity index (χ0n) is 23.3. The summed E-state index contributed by atoms with van der Waals surface area (Å²) in [5.74, 6) is -2.68. The molecule has 0 unspecified atom stereocenters. The Hall–Kier alpha value is -3.55. The largest absolute Gasteiger partial charge is 0.504 e. The van der Waals surface area contributed by atoms with Crippen LogP contribution in [-0.4, -0.2) is 74.4 Å². The Bertz CT molecular complexity index is 1210. The summed E-state index contributed by atoms with van der Waals surface area (Å²) in [5.41, 5.74) is 6.74. The Labute approximate surface area is 236 Å². The molecule has 40 heavy (non-hydrogen) atoms. The van der Waals surface area contributed by atoms with Gasteiger partial charge in [0.25, 0.3) is 15.9 Å². The molecule has 0 aromatic heterocycles. The number of carbonyl (C=O) groups is 1. The Morgan fingerprint density at radius 3 is 2.23 bits per heavy atom. The number of unbranched alkanes of at least 4 members (excludes halogenated alkanes) is 1. The molecular formula is C27H42N6O6S. The highest BCUT2D eigenvalue weighted by molar-refractivity contribution is 7.90. The molecule has 2 aromatic rings. The predicted molar refractivity (Wildman–Crippen MR) is 155 cm³/mol. The predicted octanol–water partition coefficient (Wildman–Crippen LogP) is 1.65.